The Labute approximate surface area is 187 Å². The van der Waals surface area contributed by atoms with Crippen molar-refractivity contribution in [1.82, 2.24) is 10.6 Å². The van der Waals surface area contributed by atoms with Crippen LogP contribution in [0.5, 0.6) is 5.75 Å². The van der Waals surface area contributed by atoms with Gasteiger partial charge in [-0.3, -0.25) is 0 Å². The molecule has 0 saturated heterocycles. The molecule has 0 saturated carbocycles. The van der Waals surface area contributed by atoms with E-state index in [1.807, 2.05) is 13.8 Å². The van der Waals surface area contributed by atoms with Crippen LogP contribution in [-0.4, -0.2) is 39.9 Å². The first kappa shape index (κ1) is 23.3. The summed E-state index contributed by atoms with van der Waals surface area (Å²) >= 11 is 0. The van der Waals surface area contributed by atoms with Crippen molar-refractivity contribution in [2.45, 2.75) is 31.7 Å². The van der Waals surface area contributed by atoms with Gasteiger partial charge in [-0.25, -0.2) is 18.0 Å². The van der Waals surface area contributed by atoms with E-state index in [2.05, 4.69) is 10.6 Å². The third kappa shape index (κ3) is 4.77. The van der Waals surface area contributed by atoms with Gasteiger partial charge in [0.2, 0.25) is 0 Å². The van der Waals surface area contributed by atoms with E-state index in [1.54, 1.807) is 43.3 Å². The van der Waals surface area contributed by atoms with Gasteiger partial charge in [0.15, 0.2) is 9.84 Å². The van der Waals surface area contributed by atoms with Gasteiger partial charge in [0.05, 0.1) is 36.0 Å². The third-order valence-corrected chi connectivity index (χ3v) is 6.91. The Morgan fingerprint density at radius 3 is 2.47 bits per heavy atom. The summed E-state index contributed by atoms with van der Waals surface area (Å²) in [5, 5.41) is 5.19. The Hall–Kier alpha value is -3.33. The van der Waals surface area contributed by atoms with Crippen LogP contribution < -0.4 is 15.4 Å². The zero-order chi connectivity index (χ0) is 23.5. The molecule has 0 fully saturated rings. The number of nitrogens with one attached hydrogen (secondary N) is 2. The predicted octanol–water partition coefficient (Wildman–Crippen LogP) is 2.96. The molecular weight excluding hydrogens is 432 g/mol. The van der Waals surface area contributed by atoms with Gasteiger partial charge in [-0.2, -0.15) is 0 Å². The zero-order valence-electron chi connectivity index (χ0n) is 18.4. The van der Waals surface area contributed by atoms with Gasteiger partial charge in [0.25, 0.3) is 0 Å². The van der Waals surface area contributed by atoms with Crippen LogP contribution in [0.15, 0.2) is 58.6 Å². The maximum Gasteiger partial charge on any atom is 0.338 e. The number of ether oxygens (including phenoxy) is 2. The Morgan fingerprint density at radius 2 is 1.81 bits per heavy atom. The normalized spacial score (nSPS) is 16.2. The highest BCUT2D eigenvalue weighted by atomic mass is 32.2. The van der Waals surface area contributed by atoms with Crippen LogP contribution in [-0.2, 0) is 19.4 Å². The molecule has 2 aromatic carbocycles. The number of hydrogen-bond acceptors (Lipinski definition) is 6. The molecule has 0 aromatic heterocycles. The minimum absolute atomic E-state index is 0.0170. The number of benzene rings is 2. The number of sulfone groups is 1. The molecule has 1 atom stereocenters. The molecule has 1 aliphatic rings. The first-order valence-electron chi connectivity index (χ1n) is 10.1. The highest BCUT2D eigenvalue weighted by molar-refractivity contribution is 7.91. The molecule has 0 spiro atoms. The molecule has 1 aliphatic heterocycles. The van der Waals surface area contributed by atoms with Crippen molar-refractivity contribution in [2.24, 2.45) is 0 Å². The topological polar surface area (TPSA) is 111 Å². The van der Waals surface area contributed by atoms with E-state index in [1.165, 1.54) is 13.2 Å². The van der Waals surface area contributed by atoms with Crippen molar-refractivity contribution in [1.29, 1.82) is 0 Å². The minimum atomic E-state index is -3.86. The summed E-state index contributed by atoms with van der Waals surface area (Å²) < 4.78 is 37.0. The summed E-state index contributed by atoms with van der Waals surface area (Å²) in [5.41, 5.74) is 2.28. The highest BCUT2D eigenvalue weighted by Gasteiger charge is 2.37. The molecule has 0 aliphatic carbocycles. The fourth-order valence-corrected chi connectivity index (χ4v) is 4.91. The molecule has 2 amide bonds. The number of hydrogen-bond donors (Lipinski definition) is 2. The van der Waals surface area contributed by atoms with E-state index in [0.717, 1.165) is 11.1 Å². The molecule has 9 heteroatoms. The Bertz CT molecular complexity index is 1190. The number of aryl methyl sites for hydroxylation is 2. The monoisotopic (exact) mass is 458 g/mol. The Kier molecular flexibility index (Phi) is 6.88. The van der Waals surface area contributed by atoms with Crippen LogP contribution in [0.1, 0.15) is 29.7 Å². The minimum Gasteiger partial charge on any atom is -0.496 e. The molecule has 2 aromatic rings. The van der Waals surface area contributed by atoms with E-state index in [9.17, 15) is 18.0 Å². The summed E-state index contributed by atoms with van der Waals surface area (Å²) in [5.74, 6) is -0.845. The van der Waals surface area contributed by atoms with Gasteiger partial charge < -0.3 is 20.1 Å². The molecule has 32 heavy (non-hydrogen) atoms. The maximum absolute atomic E-state index is 13.2. The van der Waals surface area contributed by atoms with Crippen molar-refractivity contribution >= 4 is 21.8 Å². The SMILES string of the molecule is CCOC(=O)C1=C(CS(=O)(=O)c2ccc(C)c(C)c2)NC(=O)N[C@H]1c1ccccc1OC. The molecule has 2 N–H and O–H groups in total. The third-order valence-electron chi connectivity index (χ3n) is 5.27. The molecular formula is C23H26N2O6S. The molecule has 0 bridgehead atoms. The van der Waals surface area contributed by atoms with Crippen LogP contribution in [0.25, 0.3) is 0 Å². The fraction of sp³-hybridized carbons (Fsp3) is 0.304. The molecule has 3 rings (SSSR count). The quantitative estimate of drug-likeness (QED) is 0.617. The summed E-state index contributed by atoms with van der Waals surface area (Å²) in [7, 11) is -2.39. The second kappa shape index (κ2) is 9.44. The lowest BCUT2D eigenvalue weighted by molar-refractivity contribution is -0.139. The zero-order valence-corrected chi connectivity index (χ0v) is 19.2. The molecule has 0 radical (unpaired) electrons. The van der Waals surface area contributed by atoms with Crippen molar-refractivity contribution in [2.75, 3.05) is 19.5 Å². The number of carbonyl (C=O) groups is 2. The number of methoxy groups -OCH3 is 1. The van der Waals surface area contributed by atoms with Gasteiger partial charge in [-0.15, -0.1) is 0 Å². The summed E-state index contributed by atoms with van der Waals surface area (Å²) in [6.07, 6.45) is 0. The highest BCUT2D eigenvalue weighted by Crippen LogP contribution is 2.34. The first-order chi connectivity index (χ1) is 15.2. The lowest BCUT2D eigenvalue weighted by Crippen LogP contribution is -2.47. The van der Waals surface area contributed by atoms with Crippen LogP contribution in [0.2, 0.25) is 0 Å². The van der Waals surface area contributed by atoms with Crippen molar-refractivity contribution < 1.29 is 27.5 Å². The second-order valence-corrected chi connectivity index (χ2v) is 9.38. The lowest BCUT2D eigenvalue weighted by atomic mass is 9.95. The average molecular weight is 459 g/mol. The number of rotatable bonds is 7. The molecule has 0 unspecified atom stereocenters. The standard InChI is InChI=1S/C23H26N2O6S/c1-5-31-22(26)20-18(13-32(28,29)16-11-10-14(2)15(3)12-16)24-23(27)25-21(20)17-8-6-7-9-19(17)30-4/h6-12,21H,5,13H2,1-4H3,(H2,24,25,27)/t21-/m0/s1. The largest absolute Gasteiger partial charge is 0.496 e. The second-order valence-electron chi connectivity index (χ2n) is 7.39. The summed E-state index contributed by atoms with van der Waals surface area (Å²) in [6.45, 7) is 5.45. The smallest absolute Gasteiger partial charge is 0.338 e. The van der Waals surface area contributed by atoms with Crippen LogP contribution in [0.4, 0.5) is 4.79 Å². The van der Waals surface area contributed by atoms with Crippen LogP contribution in [0.3, 0.4) is 0 Å². The summed E-state index contributed by atoms with van der Waals surface area (Å²) in [4.78, 5) is 25.5. The van der Waals surface area contributed by atoms with E-state index >= 15 is 0 Å². The first-order valence-corrected chi connectivity index (χ1v) is 11.7. The van der Waals surface area contributed by atoms with Gasteiger partial charge in [0.1, 0.15) is 5.75 Å². The molecule has 170 valence electrons. The predicted molar refractivity (Wildman–Crippen MR) is 119 cm³/mol. The molecule has 1 heterocycles. The van der Waals surface area contributed by atoms with Gasteiger partial charge in [-0.05, 0) is 50.1 Å². The number of para-hydroxylation sites is 1. The van der Waals surface area contributed by atoms with Gasteiger partial charge in [0, 0.05) is 11.3 Å². The number of esters is 1. The Balaban J connectivity index is 2.14. The van der Waals surface area contributed by atoms with Crippen molar-refractivity contribution in [3.8, 4) is 5.75 Å². The van der Waals surface area contributed by atoms with Crippen molar-refractivity contribution in [3.63, 3.8) is 0 Å². The number of urea groups is 1. The van der Waals surface area contributed by atoms with E-state index in [0.29, 0.717) is 11.3 Å². The van der Waals surface area contributed by atoms with Crippen LogP contribution >= 0.6 is 0 Å². The van der Waals surface area contributed by atoms with Gasteiger partial charge >= 0.3 is 12.0 Å². The average Bonchev–Trinajstić information content (AvgIpc) is 2.74. The van der Waals surface area contributed by atoms with E-state index in [-0.39, 0.29) is 22.8 Å². The summed E-state index contributed by atoms with van der Waals surface area (Å²) in [6, 6.07) is 10.1. The Morgan fingerprint density at radius 1 is 1.09 bits per heavy atom. The van der Waals surface area contributed by atoms with Crippen LogP contribution in [0, 0.1) is 13.8 Å². The fourth-order valence-electron chi connectivity index (χ4n) is 3.50. The van der Waals surface area contributed by atoms with E-state index in [4.69, 9.17) is 9.47 Å². The maximum atomic E-state index is 13.2. The molecule has 8 nitrogen and oxygen atoms in total. The number of amides is 2. The van der Waals surface area contributed by atoms with Crippen molar-refractivity contribution in [3.05, 3.63) is 70.4 Å². The van der Waals surface area contributed by atoms with E-state index < -0.39 is 33.6 Å². The lowest BCUT2D eigenvalue weighted by Gasteiger charge is -2.30. The number of carbonyl (C=O) groups excluding carboxylic acids is 2. The van der Waals surface area contributed by atoms with Gasteiger partial charge in [-0.1, -0.05) is 24.3 Å².